The second-order valence-corrected chi connectivity index (χ2v) is 5.10. The number of urea groups is 1. The number of carbonyl (C=O) groups is 1. The molecule has 0 spiro atoms. The van der Waals surface area contributed by atoms with Crippen LogP contribution in [0, 0.1) is 0 Å². The first-order chi connectivity index (χ1) is 9.13. The summed E-state index contributed by atoms with van der Waals surface area (Å²) in [4.78, 5) is 15.7. The number of ether oxygens (including phenoxy) is 1. The molecule has 0 bridgehead atoms. The molecule has 2 amide bonds. The molecule has 2 rings (SSSR count). The number of hydrogen-bond acceptors (Lipinski definition) is 2. The fraction of sp³-hybridized carbons (Fsp3) is 0.643. The van der Waals surface area contributed by atoms with Gasteiger partial charge in [-0.15, -0.1) is 0 Å². The van der Waals surface area contributed by atoms with Gasteiger partial charge < -0.3 is 19.1 Å². The molecule has 1 aliphatic heterocycles. The molecule has 2 heterocycles. The van der Waals surface area contributed by atoms with Crippen LogP contribution in [0.4, 0.5) is 4.79 Å². The smallest absolute Gasteiger partial charge is 0.319 e. The van der Waals surface area contributed by atoms with E-state index in [2.05, 4.69) is 16.8 Å². The van der Waals surface area contributed by atoms with Gasteiger partial charge in [-0.25, -0.2) is 4.79 Å². The molecule has 5 heteroatoms. The van der Waals surface area contributed by atoms with Gasteiger partial charge in [0.2, 0.25) is 0 Å². The Hall–Kier alpha value is -1.49. The molecule has 0 aliphatic carbocycles. The number of rotatable bonds is 4. The first-order valence-corrected chi connectivity index (χ1v) is 6.83. The topological polar surface area (TPSA) is 37.7 Å². The molecule has 0 saturated carbocycles. The average molecular weight is 265 g/mol. The Morgan fingerprint density at radius 2 is 2.32 bits per heavy atom. The van der Waals surface area contributed by atoms with Gasteiger partial charge in [0.25, 0.3) is 0 Å². The van der Waals surface area contributed by atoms with Crippen LogP contribution in [-0.2, 0) is 11.3 Å². The minimum Gasteiger partial charge on any atom is -0.382 e. The van der Waals surface area contributed by atoms with Crippen LogP contribution in [0.2, 0.25) is 0 Å². The summed E-state index contributed by atoms with van der Waals surface area (Å²) in [5.41, 5.74) is 1.20. The number of aromatic nitrogens is 1. The number of hydrogen-bond donors (Lipinski definition) is 0. The molecule has 1 aromatic heterocycles. The molecule has 1 unspecified atom stereocenters. The quantitative estimate of drug-likeness (QED) is 0.780. The van der Waals surface area contributed by atoms with Crippen molar-refractivity contribution in [2.75, 3.05) is 33.9 Å². The molecule has 0 radical (unpaired) electrons. The molecule has 0 aromatic carbocycles. The molecular weight excluding hydrogens is 242 g/mol. The van der Waals surface area contributed by atoms with Crippen molar-refractivity contribution in [1.29, 1.82) is 0 Å². The minimum atomic E-state index is 0.0776. The van der Waals surface area contributed by atoms with Gasteiger partial charge >= 0.3 is 6.03 Å². The zero-order chi connectivity index (χ0) is 13.8. The van der Waals surface area contributed by atoms with Crippen LogP contribution in [-0.4, -0.2) is 54.3 Å². The van der Waals surface area contributed by atoms with Crippen LogP contribution >= 0.6 is 0 Å². The first-order valence-electron chi connectivity index (χ1n) is 6.83. The van der Waals surface area contributed by atoms with Gasteiger partial charge in [0.1, 0.15) is 0 Å². The lowest BCUT2D eigenvalue weighted by atomic mass is 10.1. The molecular formula is C14H23N3O2. The molecule has 1 atom stereocenters. The highest BCUT2D eigenvalue weighted by Gasteiger charge is 2.27. The highest BCUT2D eigenvalue weighted by molar-refractivity contribution is 5.74. The zero-order valence-corrected chi connectivity index (χ0v) is 12.0. The maximum Gasteiger partial charge on any atom is 0.319 e. The Labute approximate surface area is 114 Å². The van der Waals surface area contributed by atoms with E-state index >= 15 is 0 Å². The second-order valence-electron chi connectivity index (χ2n) is 5.10. The molecule has 0 saturated heterocycles. The van der Waals surface area contributed by atoms with Gasteiger partial charge in [0.15, 0.2) is 0 Å². The van der Waals surface area contributed by atoms with E-state index in [0.29, 0.717) is 12.6 Å². The Morgan fingerprint density at radius 3 is 3.00 bits per heavy atom. The molecule has 106 valence electrons. The molecule has 1 aliphatic rings. The van der Waals surface area contributed by atoms with E-state index < -0.39 is 0 Å². The minimum absolute atomic E-state index is 0.0776. The van der Waals surface area contributed by atoms with Crippen molar-refractivity contribution in [3.8, 4) is 0 Å². The van der Waals surface area contributed by atoms with Crippen LogP contribution < -0.4 is 0 Å². The SMILES string of the molecule is CCOCCC1CN(C(=O)N(C)C)Cc2cccn21. The lowest BCUT2D eigenvalue weighted by Gasteiger charge is -2.36. The molecule has 1 aromatic rings. The van der Waals surface area contributed by atoms with Crippen molar-refractivity contribution in [1.82, 2.24) is 14.4 Å². The van der Waals surface area contributed by atoms with Crippen LogP contribution in [0.3, 0.4) is 0 Å². The lowest BCUT2D eigenvalue weighted by molar-refractivity contribution is 0.109. The second kappa shape index (κ2) is 6.10. The van der Waals surface area contributed by atoms with Gasteiger partial charge in [-0.1, -0.05) is 0 Å². The Morgan fingerprint density at radius 1 is 1.53 bits per heavy atom. The Kier molecular flexibility index (Phi) is 4.47. The summed E-state index contributed by atoms with van der Waals surface area (Å²) in [6.45, 7) is 4.93. The highest BCUT2D eigenvalue weighted by Crippen LogP contribution is 2.25. The summed E-state index contributed by atoms with van der Waals surface area (Å²) in [5, 5.41) is 0. The molecule has 0 N–H and O–H groups in total. The van der Waals surface area contributed by atoms with Crippen molar-refractivity contribution >= 4 is 6.03 Å². The van der Waals surface area contributed by atoms with Crippen molar-refractivity contribution in [2.24, 2.45) is 0 Å². The molecule has 0 fully saturated rings. The van der Waals surface area contributed by atoms with Crippen LogP contribution in [0.25, 0.3) is 0 Å². The summed E-state index contributed by atoms with van der Waals surface area (Å²) in [5.74, 6) is 0. The van der Waals surface area contributed by atoms with E-state index in [1.807, 2.05) is 17.9 Å². The van der Waals surface area contributed by atoms with Gasteiger partial charge in [-0.2, -0.15) is 0 Å². The maximum absolute atomic E-state index is 12.1. The normalized spacial score (nSPS) is 18.3. The van der Waals surface area contributed by atoms with E-state index in [-0.39, 0.29) is 6.03 Å². The lowest BCUT2D eigenvalue weighted by Crippen LogP contribution is -2.45. The van der Waals surface area contributed by atoms with E-state index in [9.17, 15) is 4.79 Å². The zero-order valence-electron chi connectivity index (χ0n) is 12.0. The number of fused-ring (bicyclic) bond motifs is 1. The summed E-state index contributed by atoms with van der Waals surface area (Å²) >= 11 is 0. The van der Waals surface area contributed by atoms with Gasteiger partial charge in [0.05, 0.1) is 12.6 Å². The predicted octanol–water partition coefficient (Wildman–Crippen LogP) is 1.95. The predicted molar refractivity (Wildman–Crippen MR) is 74.1 cm³/mol. The van der Waals surface area contributed by atoms with E-state index in [0.717, 1.165) is 26.2 Å². The van der Waals surface area contributed by atoms with Gasteiger partial charge in [0, 0.05) is 45.7 Å². The van der Waals surface area contributed by atoms with Crippen LogP contribution in [0.15, 0.2) is 18.3 Å². The van der Waals surface area contributed by atoms with Crippen LogP contribution in [0.1, 0.15) is 25.1 Å². The summed E-state index contributed by atoms with van der Waals surface area (Å²) in [7, 11) is 3.59. The molecule has 19 heavy (non-hydrogen) atoms. The third-order valence-corrected chi connectivity index (χ3v) is 3.50. The third-order valence-electron chi connectivity index (χ3n) is 3.50. The van der Waals surface area contributed by atoms with Crippen molar-refractivity contribution in [3.05, 3.63) is 24.0 Å². The van der Waals surface area contributed by atoms with E-state index in [1.54, 1.807) is 19.0 Å². The standard InChI is InChI=1S/C14H23N3O2/c1-4-19-9-7-13-11-16(14(18)15(2)3)10-12-6-5-8-17(12)13/h5-6,8,13H,4,7,9-11H2,1-3H3. The summed E-state index contributed by atoms with van der Waals surface area (Å²) < 4.78 is 7.72. The van der Waals surface area contributed by atoms with Gasteiger partial charge in [-0.3, -0.25) is 0 Å². The number of nitrogens with zero attached hydrogens (tertiary/aromatic N) is 3. The van der Waals surface area contributed by atoms with Gasteiger partial charge in [-0.05, 0) is 25.5 Å². The van der Waals surface area contributed by atoms with Crippen molar-refractivity contribution in [3.63, 3.8) is 0 Å². The molecule has 5 nitrogen and oxygen atoms in total. The van der Waals surface area contributed by atoms with Crippen molar-refractivity contribution < 1.29 is 9.53 Å². The Bertz CT molecular complexity index is 428. The number of carbonyl (C=O) groups excluding carboxylic acids is 1. The summed E-state index contributed by atoms with van der Waals surface area (Å²) in [6.07, 6.45) is 3.04. The fourth-order valence-electron chi connectivity index (χ4n) is 2.54. The van der Waals surface area contributed by atoms with Crippen LogP contribution in [0.5, 0.6) is 0 Å². The maximum atomic E-state index is 12.1. The van der Waals surface area contributed by atoms with Crippen molar-refractivity contribution in [2.45, 2.75) is 25.9 Å². The monoisotopic (exact) mass is 265 g/mol. The van der Waals surface area contributed by atoms with E-state index in [4.69, 9.17) is 4.74 Å². The summed E-state index contributed by atoms with van der Waals surface area (Å²) in [6, 6.07) is 4.53. The highest BCUT2D eigenvalue weighted by atomic mass is 16.5. The first kappa shape index (κ1) is 13.9. The Balaban J connectivity index is 2.08. The largest absolute Gasteiger partial charge is 0.382 e. The fourth-order valence-corrected chi connectivity index (χ4v) is 2.54. The van der Waals surface area contributed by atoms with E-state index in [1.165, 1.54) is 5.69 Å². The number of amides is 2. The third kappa shape index (κ3) is 3.10. The average Bonchev–Trinajstić information content (AvgIpc) is 2.86.